The van der Waals surface area contributed by atoms with E-state index in [1.54, 1.807) is 0 Å². The van der Waals surface area contributed by atoms with Gasteiger partial charge in [0.15, 0.2) is 5.65 Å². The van der Waals surface area contributed by atoms with Crippen LogP contribution in [0.1, 0.15) is 5.82 Å². The van der Waals surface area contributed by atoms with E-state index in [1.165, 1.54) is 0 Å². The van der Waals surface area contributed by atoms with Crippen molar-refractivity contribution >= 4 is 22.8 Å². The van der Waals surface area contributed by atoms with E-state index in [0.29, 0.717) is 0 Å². The fourth-order valence-corrected chi connectivity index (χ4v) is 1.60. The van der Waals surface area contributed by atoms with Crippen molar-refractivity contribution in [3.05, 3.63) is 23.1 Å². The SMILES string of the molecule is On1c(C(F)(F)C(F)(F)C(F)(F)F)nc2ncc(Cl)cc21. The van der Waals surface area contributed by atoms with Gasteiger partial charge in [-0.15, -0.1) is 0 Å². The summed E-state index contributed by atoms with van der Waals surface area (Å²) in [5.74, 6) is -14.5. The van der Waals surface area contributed by atoms with Gasteiger partial charge in [-0.05, 0) is 6.07 Å². The summed E-state index contributed by atoms with van der Waals surface area (Å²) in [7, 11) is 0. The van der Waals surface area contributed by atoms with Gasteiger partial charge in [-0.3, -0.25) is 0 Å². The minimum Gasteiger partial charge on any atom is -0.426 e. The van der Waals surface area contributed by atoms with E-state index in [0.717, 1.165) is 12.3 Å². The molecule has 1 N–H and O–H groups in total. The van der Waals surface area contributed by atoms with Crippen molar-refractivity contribution in [1.82, 2.24) is 14.7 Å². The Hall–Kier alpha value is -1.78. The number of imidazole rings is 1. The van der Waals surface area contributed by atoms with Crippen molar-refractivity contribution in [2.45, 2.75) is 18.0 Å². The summed E-state index contributed by atoms with van der Waals surface area (Å²) in [6.45, 7) is 0. The monoisotopic (exact) mass is 337 g/mol. The van der Waals surface area contributed by atoms with E-state index >= 15 is 0 Å². The smallest absolute Gasteiger partial charge is 0.426 e. The molecule has 0 aliphatic rings. The minimum atomic E-state index is -6.54. The second-order valence-electron chi connectivity index (χ2n) is 3.89. The van der Waals surface area contributed by atoms with Crippen molar-refractivity contribution in [3.63, 3.8) is 0 Å². The number of alkyl halides is 7. The molecule has 0 radical (unpaired) electrons. The van der Waals surface area contributed by atoms with E-state index in [1.807, 2.05) is 0 Å². The van der Waals surface area contributed by atoms with E-state index in [4.69, 9.17) is 11.6 Å². The zero-order valence-corrected chi connectivity index (χ0v) is 10.2. The molecule has 0 saturated heterocycles. The molecule has 0 atom stereocenters. The molecule has 21 heavy (non-hydrogen) atoms. The summed E-state index contributed by atoms with van der Waals surface area (Å²) < 4.78 is 88.3. The molecule has 2 aromatic heterocycles. The lowest BCUT2D eigenvalue weighted by Gasteiger charge is -2.26. The highest BCUT2D eigenvalue weighted by molar-refractivity contribution is 6.31. The first-order valence-electron chi connectivity index (χ1n) is 4.95. The Morgan fingerprint density at radius 1 is 1.10 bits per heavy atom. The van der Waals surface area contributed by atoms with Gasteiger partial charge < -0.3 is 5.21 Å². The minimum absolute atomic E-state index is 0.171. The third-order valence-electron chi connectivity index (χ3n) is 2.49. The molecule has 0 amide bonds. The molecule has 0 fully saturated rings. The van der Waals surface area contributed by atoms with Crippen LogP contribution < -0.4 is 0 Å². The highest BCUT2D eigenvalue weighted by atomic mass is 35.5. The largest absolute Gasteiger partial charge is 0.460 e. The topological polar surface area (TPSA) is 50.9 Å². The first kappa shape index (κ1) is 15.6. The van der Waals surface area contributed by atoms with E-state index in [9.17, 15) is 35.9 Å². The van der Waals surface area contributed by atoms with Gasteiger partial charge >= 0.3 is 18.0 Å². The van der Waals surface area contributed by atoms with Crippen LogP contribution in [-0.4, -0.2) is 32.0 Å². The Bertz CT molecular complexity index is 696. The number of hydrogen-bond donors (Lipinski definition) is 1. The van der Waals surface area contributed by atoms with Gasteiger partial charge in [-0.1, -0.05) is 11.6 Å². The third-order valence-corrected chi connectivity index (χ3v) is 2.69. The molecule has 0 aliphatic carbocycles. The molecular formula is C9H3ClF7N3O. The molecule has 2 aromatic rings. The summed E-state index contributed by atoms with van der Waals surface area (Å²) in [5, 5.41) is 9.18. The molecule has 2 rings (SSSR count). The molecular weight excluding hydrogens is 335 g/mol. The Labute approximate surface area is 115 Å². The second-order valence-corrected chi connectivity index (χ2v) is 4.33. The first-order valence-corrected chi connectivity index (χ1v) is 5.33. The lowest BCUT2D eigenvalue weighted by molar-refractivity contribution is -0.362. The Morgan fingerprint density at radius 3 is 2.19 bits per heavy atom. The number of hydrogen-bond acceptors (Lipinski definition) is 3. The Balaban J connectivity index is 2.68. The molecule has 116 valence electrons. The van der Waals surface area contributed by atoms with E-state index in [-0.39, 0.29) is 5.02 Å². The van der Waals surface area contributed by atoms with Crippen LogP contribution in [0.25, 0.3) is 11.2 Å². The van der Waals surface area contributed by atoms with Crippen molar-refractivity contribution < 1.29 is 35.9 Å². The highest BCUT2D eigenvalue weighted by Crippen LogP contribution is 2.51. The summed E-state index contributed by atoms with van der Waals surface area (Å²) in [5.41, 5.74) is -1.32. The van der Waals surface area contributed by atoms with Gasteiger partial charge in [0.2, 0.25) is 5.82 Å². The zero-order chi connectivity index (χ0) is 16.2. The van der Waals surface area contributed by atoms with Crippen molar-refractivity contribution in [2.75, 3.05) is 0 Å². The fourth-order valence-electron chi connectivity index (χ4n) is 1.45. The molecule has 0 aromatic carbocycles. The number of pyridine rings is 1. The maximum absolute atomic E-state index is 13.5. The van der Waals surface area contributed by atoms with Gasteiger partial charge in [0, 0.05) is 6.20 Å². The molecule has 0 aliphatic heterocycles. The summed E-state index contributed by atoms with van der Waals surface area (Å²) in [6, 6.07) is 0.822. The fraction of sp³-hybridized carbons (Fsp3) is 0.333. The number of rotatable bonds is 2. The van der Waals surface area contributed by atoms with Crippen LogP contribution in [0.15, 0.2) is 12.3 Å². The number of aromatic nitrogens is 3. The number of halogens is 8. The molecule has 4 nitrogen and oxygen atoms in total. The molecule has 0 spiro atoms. The van der Waals surface area contributed by atoms with Gasteiger partial charge in [0.05, 0.1) is 5.02 Å². The predicted octanol–water partition coefficient (Wildman–Crippen LogP) is 3.61. The molecule has 0 unspecified atom stereocenters. The van der Waals surface area contributed by atoms with Crippen LogP contribution in [0.5, 0.6) is 0 Å². The normalized spacial score (nSPS) is 13.9. The van der Waals surface area contributed by atoms with Gasteiger partial charge in [0.1, 0.15) is 5.52 Å². The molecule has 12 heteroatoms. The van der Waals surface area contributed by atoms with Crippen LogP contribution in [0.3, 0.4) is 0 Å². The Kier molecular flexibility index (Phi) is 3.24. The van der Waals surface area contributed by atoms with Gasteiger partial charge in [-0.2, -0.15) is 35.5 Å². The summed E-state index contributed by atoms with van der Waals surface area (Å²) >= 11 is 5.45. The lowest BCUT2D eigenvalue weighted by atomic mass is 10.1. The van der Waals surface area contributed by atoms with E-state index < -0.39 is 39.7 Å². The maximum atomic E-state index is 13.5. The van der Waals surface area contributed by atoms with Crippen LogP contribution >= 0.6 is 11.6 Å². The summed E-state index contributed by atoms with van der Waals surface area (Å²) in [6.07, 6.45) is -5.65. The van der Waals surface area contributed by atoms with Crippen molar-refractivity contribution in [1.29, 1.82) is 0 Å². The van der Waals surface area contributed by atoms with Gasteiger partial charge in [-0.25, -0.2) is 9.97 Å². The van der Waals surface area contributed by atoms with Crippen LogP contribution in [0.4, 0.5) is 30.7 Å². The number of nitrogens with zero attached hydrogens (tertiary/aromatic N) is 3. The van der Waals surface area contributed by atoms with Crippen LogP contribution in [-0.2, 0) is 5.92 Å². The van der Waals surface area contributed by atoms with Gasteiger partial charge in [0.25, 0.3) is 0 Å². The highest BCUT2D eigenvalue weighted by Gasteiger charge is 2.75. The molecule has 0 bridgehead atoms. The van der Waals surface area contributed by atoms with Crippen LogP contribution in [0, 0.1) is 0 Å². The number of fused-ring (bicyclic) bond motifs is 1. The zero-order valence-electron chi connectivity index (χ0n) is 9.47. The predicted molar refractivity (Wildman–Crippen MR) is 54.6 cm³/mol. The maximum Gasteiger partial charge on any atom is 0.460 e. The lowest BCUT2D eigenvalue weighted by Crippen LogP contribution is -2.51. The quantitative estimate of drug-likeness (QED) is 0.673. The van der Waals surface area contributed by atoms with E-state index in [2.05, 4.69) is 9.97 Å². The second kappa shape index (κ2) is 4.36. The third kappa shape index (κ3) is 2.15. The summed E-state index contributed by atoms with van der Waals surface area (Å²) in [4.78, 5) is 6.15. The average molecular weight is 338 g/mol. The van der Waals surface area contributed by atoms with Crippen molar-refractivity contribution in [3.8, 4) is 0 Å². The standard InChI is InChI=1S/C9H3ClF7N3O/c10-3-1-4-5(18-2-3)19-6(20(4)21)7(11,12)8(13,14)9(15,16)17/h1-2,21H. The van der Waals surface area contributed by atoms with Crippen LogP contribution in [0.2, 0.25) is 5.02 Å². The average Bonchev–Trinajstić information content (AvgIpc) is 2.65. The Morgan fingerprint density at radius 2 is 1.67 bits per heavy atom. The van der Waals surface area contributed by atoms with Crippen molar-refractivity contribution in [2.24, 2.45) is 0 Å². The molecule has 2 heterocycles. The molecule has 0 saturated carbocycles. The first-order chi connectivity index (χ1) is 9.39.